The van der Waals surface area contributed by atoms with E-state index < -0.39 is 0 Å². The van der Waals surface area contributed by atoms with Gasteiger partial charge in [0, 0.05) is 11.5 Å². The summed E-state index contributed by atoms with van der Waals surface area (Å²) in [6.45, 7) is 10.4. The quantitative estimate of drug-likeness (QED) is 0.810. The lowest BCUT2D eigenvalue weighted by Crippen LogP contribution is -2.44. The van der Waals surface area contributed by atoms with Gasteiger partial charge in [0.1, 0.15) is 0 Å². The number of hydrogen-bond acceptors (Lipinski definition) is 1. The Morgan fingerprint density at radius 1 is 1.10 bits per heavy atom. The van der Waals surface area contributed by atoms with Crippen LogP contribution in [0.4, 0.5) is 0 Å². The molecule has 1 heteroatoms. The molecule has 112 valence electrons. The summed E-state index contributed by atoms with van der Waals surface area (Å²) in [5, 5.41) is 3.81. The number of aryl methyl sites for hydroxylation is 1. The minimum Gasteiger partial charge on any atom is -0.313 e. The van der Waals surface area contributed by atoms with E-state index in [0.717, 1.165) is 5.92 Å². The summed E-state index contributed by atoms with van der Waals surface area (Å²) in [5.74, 6) is 0.903. The molecular weight excluding hydrogens is 242 g/mol. The van der Waals surface area contributed by atoms with Crippen molar-refractivity contribution in [2.45, 2.75) is 71.3 Å². The molecule has 0 heterocycles. The molecule has 0 aliphatic heterocycles. The molecule has 1 nitrogen and oxygen atoms in total. The first-order valence-corrected chi connectivity index (χ1v) is 8.30. The van der Waals surface area contributed by atoms with Crippen LogP contribution in [0.3, 0.4) is 0 Å². The van der Waals surface area contributed by atoms with Gasteiger partial charge in [0.05, 0.1) is 0 Å². The van der Waals surface area contributed by atoms with Crippen LogP contribution in [0.1, 0.15) is 64.0 Å². The number of benzene rings is 1. The van der Waals surface area contributed by atoms with Gasteiger partial charge >= 0.3 is 0 Å². The maximum Gasteiger partial charge on any atom is 0.0130 e. The molecule has 1 atom stereocenters. The van der Waals surface area contributed by atoms with E-state index in [1.54, 1.807) is 0 Å². The van der Waals surface area contributed by atoms with Crippen LogP contribution >= 0.6 is 0 Å². The monoisotopic (exact) mass is 273 g/mol. The van der Waals surface area contributed by atoms with Crippen molar-refractivity contribution in [2.75, 3.05) is 6.54 Å². The van der Waals surface area contributed by atoms with Crippen LogP contribution in [-0.4, -0.2) is 12.6 Å². The highest BCUT2D eigenvalue weighted by Crippen LogP contribution is 2.28. The van der Waals surface area contributed by atoms with E-state index >= 15 is 0 Å². The standard InChI is InChI=1S/C19H31N/c1-15-10-12-18(13-11-15)19(3,4)16(2)20-14-17-8-6-5-7-9-17/h10-13,16-17,20H,5-9,14H2,1-4H3. The maximum absolute atomic E-state index is 3.81. The number of nitrogens with one attached hydrogen (secondary N) is 1. The minimum atomic E-state index is 0.183. The van der Waals surface area contributed by atoms with Crippen molar-refractivity contribution < 1.29 is 0 Å². The lowest BCUT2D eigenvalue weighted by atomic mass is 9.78. The molecule has 1 aromatic carbocycles. The summed E-state index contributed by atoms with van der Waals surface area (Å²) in [5.41, 5.74) is 2.96. The third kappa shape index (κ3) is 3.85. The molecule has 1 aliphatic carbocycles. The molecule has 0 radical (unpaired) electrons. The van der Waals surface area contributed by atoms with Crippen LogP contribution in [-0.2, 0) is 5.41 Å². The van der Waals surface area contributed by atoms with E-state index in [0.29, 0.717) is 6.04 Å². The molecule has 1 unspecified atom stereocenters. The van der Waals surface area contributed by atoms with Crippen LogP contribution in [0.5, 0.6) is 0 Å². The second-order valence-corrected chi connectivity index (χ2v) is 7.22. The lowest BCUT2D eigenvalue weighted by Gasteiger charge is -2.35. The number of rotatable bonds is 5. The fourth-order valence-electron chi connectivity index (χ4n) is 3.22. The Kier molecular flexibility index (Phi) is 5.26. The van der Waals surface area contributed by atoms with Gasteiger partial charge in [0.25, 0.3) is 0 Å². The predicted octanol–water partition coefficient (Wildman–Crippen LogP) is 4.83. The van der Waals surface area contributed by atoms with Crippen molar-refractivity contribution in [3.8, 4) is 0 Å². The average molecular weight is 273 g/mol. The van der Waals surface area contributed by atoms with E-state index in [4.69, 9.17) is 0 Å². The molecule has 0 aromatic heterocycles. The van der Waals surface area contributed by atoms with Gasteiger partial charge in [0.15, 0.2) is 0 Å². The van der Waals surface area contributed by atoms with Gasteiger partial charge < -0.3 is 5.32 Å². The molecule has 0 bridgehead atoms. The summed E-state index contributed by atoms with van der Waals surface area (Å²) >= 11 is 0. The van der Waals surface area contributed by atoms with Gasteiger partial charge in [-0.25, -0.2) is 0 Å². The second kappa shape index (κ2) is 6.76. The Bertz CT molecular complexity index is 398. The molecule has 0 amide bonds. The Labute approximate surface area is 125 Å². The van der Waals surface area contributed by atoms with Crippen LogP contribution in [0.25, 0.3) is 0 Å². The molecule has 20 heavy (non-hydrogen) atoms. The van der Waals surface area contributed by atoms with Gasteiger partial charge in [0.2, 0.25) is 0 Å². The predicted molar refractivity (Wildman–Crippen MR) is 88.2 cm³/mol. The number of hydrogen-bond donors (Lipinski definition) is 1. The van der Waals surface area contributed by atoms with Gasteiger partial charge in [-0.2, -0.15) is 0 Å². The van der Waals surface area contributed by atoms with E-state index in [1.165, 1.54) is 49.8 Å². The normalized spacial score (nSPS) is 19.0. The Hall–Kier alpha value is -0.820. The van der Waals surface area contributed by atoms with E-state index in [1.807, 2.05) is 0 Å². The van der Waals surface area contributed by atoms with Gasteiger partial charge in [-0.15, -0.1) is 0 Å². The van der Waals surface area contributed by atoms with Gasteiger partial charge in [-0.3, -0.25) is 0 Å². The summed E-state index contributed by atoms with van der Waals surface area (Å²) in [4.78, 5) is 0. The summed E-state index contributed by atoms with van der Waals surface area (Å²) in [7, 11) is 0. The highest BCUT2D eigenvalue weighted by Gasteiger charge is 2.28. The molecular formula is C19H31N. The average Bonchev–Trinajstić information content (AvgIpc) is 2.46. The highest BCUT2D eigenvalue weighted by molar-refractivity contribution is 5.28. The molecule has 0 saturated heterocycles. The Balaban J connectivity index is 1.92. The first kappa shape index (κ1) is 15.6. The molecule has 0 spiro atoms. The van der Waals surface area contributed by atoms with Crippen LogP contribution < -0.4 is 5.32 Å². The van der Waals surface area contributed by atoms with Crippen LogP contribution in [0.15, 0.2) is 24.3 Å². The van der Waals surface area contributed by atoms with E-state index in [2.05, 4.69) is 57.3 Å². The van der Waals surface area contributed by atoms with Gasteiger partial charge in [-0.05, 0) is 44.7 Å². The lowest BCUT2D eigenvalue weighted by molar-refractivity contribution is 0.294. The molecule has 1 N–H and O–H groups in total. The van der Waals surface area contributed by atoms with Gasteiger partial charge in [-0.1, -0.05) is 62.9 Å². The highest BCUT2D eigenvalue weighted by atomic mass is 14.9. The fourth-order valence-corrected chi connectivity index (χ4v) is 3.22. The first-order valence-electron chi connectivity index (χ1n) is 8.30. The van der Waals surface area contributed by atoms with Crippen molar-refractivity contribution in [3.05, 3.63) is 35.4 Å². The maximum atomic E-state index is 3.81. The van der Waals surface area contributed by atoms with E-state index in [9.17, 15) is 0 Å². The zero-order chi connectivity index (χ0) is 14.6. The zero-order valence-corrected chi connectivity index (χ0v) is 13.7. The minimum absolute atomic E-state index is 0.183. The second-order valence-electron chi connectivity index (χ2n) is 7.22. The van der Waals surface area contributed by atoms with Crippen molar-refractivity contribution in [3.63, 3.8) is 0 Å². The summed E-state index contributed by atoms with van der Waals surface area (Å²) in [6.07, 6.45) is 7.15. The van der Waals surface area contributed by atoms with Crippen molar-refractivity contribution in [1.29, 1.82) is 0 Å². The van der Waals surface area contributed by atoms with Crippen LogP contribution in [0, 0.1) is 12.8 Å². The largest absolute Gasteiger partial charge is 0.313 e. The smallest absolute Gasteiger partial charge is 0.0130 e. The van der Waals surface area contributed by atoms with E-state index in [-0.39, 0.29) is 5.41 Å². The van der Waals surface area contributed by atoms with Crippen molar-refractivity contribution in [1.82, 2.24) is 5.32 Å². The Morgan fingerprint density at radius 2 is 1.70 bits per heavy atom. The van der Waals surface area contributed by atoms with Crippen LogP contribution in [0.2, 0.25) is 0 Å². The Morgan fingerprint density at radius 3 is 2.30 bits per heavy atom. The van der Waals surface area contributed by atoms with Crippen molar-refractivity contribution >= 4 is 0 Å². The molecule has 1 aromatic rings. The SMILES string of the molecule is Cc1ccc(C(C)(C)C(C)NCC2CCCCC2)cc1. The summed E-state index contributed by atoms with van der Waals surface area (Å²) in [6, 6.07) is 9.53. The third-order valence-electron chi connectivity index (χ3n) is 5.32. The first-order chi connectivity index (χ1) is 9.50. The fraction of sp³-hybridized carbons (Fsp3) is 0.684. The summed E-state index contributed by atoms with van der Waals surface area (Å²) < 4.78 is 0. The topological polar surface area (TPSA) is 12.0 Å². The molecule has 1 fully saturated rings. The molecule has 1 saturated carbocycles. The molecule has 2 rings (SSSR count). The zero-order valence-electron chi connectivity index (χ0n) is 13.7. The van der Waals surface area contributed by atoms with Crippen molar-refractivity contribution in [2.24, 2.45) is 5.92 Å². The molecule has 1 aliphatic rings. The third-order valence-corrected chi connectivity index (χ3v) is 5.32.